The lowest BCUT2D eigenvalue weighted by Gasteiger charge is -2.11. The summed E-state index contributed by atoms with van der Waals surface area (Å²) in [5.41, 5.74) is 0.478. The van der Waals surface area contributed by atoms with Crippen LogP contribution in [0.25, 0.3) is 0 Å². The third kappa shape index (κ3) is 3.69. The Kier molecular flexibility index (Phi) is 4.79. The molecule has 1 N–H and O–H groups in total. The van der Waals surface area contributed by atoms with Crippen molar-refractivity contribution in [1.82, 2.24) is 0 Å². The van der Waals surface area contributed by atoms with E-state index in [2.05, 4.69) is 20.7 Å². The second-order valence-electron chi connectivity index (χ2n) is 3.99. The highest BCUT2D eigenvalue weighted by Crippen LogP contribution is 2.30. The van der Waals surface area contributed by atoms with Crippen molar-refractivity contribution in [3.63, 3.8) is 0 Å². The smallest absolute Gasteiger partial charge is 0.263 e. The van der Waals surface area contributed by atoms with Crippen LogP contribution in [0.1, 0.15) is 5.56 Å². The lowest BCUT2D eigenvalue weighted by molar-refractivity contribution is 0.601. The zero-order chi connectivity index (χ0) is 15.6. The van der Waals surface area contributed by atoms with Crippen molar-refractivity contribution >= 4 is 54.8 Å². The van der Waals surface area contributed by atoms with Gasteiger partial charge in [-0.1, -0.05) is 23.2 Å². The highest BCUT2D eigenvalue weighted by atomic mass is 79.9. The topological polar surface area (TPSA) is 70.0 Å². The molecule has 0 aliphatic heterocycles. The SMILES string of the molecule is N#Cc1ccc(Cl)c(S(=O)(=O)Nc2cc(Cl)ccc2Br)c1. The van der Waals surface area contributed by atoms with Gasteiger partial charge in [-0.25, -0.2) is 8.42 Å². The predicted octanol–water partition coefficient (Wildman–Crippen LogP) is 4.43. The van der Waals surface area contributed by atoms with Gasteiger partial charge in [0.2, 0.25) is 0 Å². The van der Waals surface area contributed by atoms with Crippen LogP contribution in [0.3, 0.4) is 0 Å². The van der Waals surface area contributed by atoms with E-state index in [9.17, 15) is 8.42 Å². The van der Waals surface area contributed by atoms with Crippen LogP contribution in [0.15, 0.2) is 45.8 Å². The van der Waals surface area contributed by atoms with Crippen LogP contribution in [-0.4, -0.2) is 8.42 Å². The van der Waals surface area contributed by atoms with Crippen molar-refractivity contribution in [2.45, 2.75) is 4.90 Å². The minimum absolute atomic E-state index is 0.0275. The highest BCUT2D eigenvalue weighted by molar-refractivity contribution is 9.10. The molecule has 0 bridgehead atoms. The number of sulfonamides is 1. The lowest BCUT2D eigenvalue weighted by atomic mass is 10.2. The Hall–Kier alpha value is -1.26. The summed E-state index contributed by atoms with van der Waals surface area (Å²) < 4.78 is 27.7. The van der Waals surface area contributed by atoms with Crippen LogP contribution in [0, 0.1) is 11.3 Å². The number of hydrogen-bond donors (Lipinski definition) is 1. The number of hydrogen-bond acceptors (Lipinski definition) is 3. The fourth-order valence-corrected chi connectivity index (χ4v) is 3.80. The molecule has 0 radical (unpaired) electrons. The van der Waals surface area contributed by atoms with Gasteiger partial charge in [-0.05, 0) is 52.3 Å². The molecule has 0 saturated carbocycles. The first-order chi connectivity index (χ1) is 9.83. The summed E-state index contributed by atoms with van der Waals surface area (Å²) in [6.07, 6.45) is 0. The van der Waals surface area contributed by atoms with E-state index >= 15 is 0 Å². The first kappa shape index (κ1) is 16.1. The number of rotatable bonds is 3. The van der Waals surface area contributed by atoms with Crippen molar-refractivity contribution in [2.24, 2.45) is 0 Å². The van der Waals surface area contributed by atoms with Gasteiger partial charge in [0, 0.05) is 9.50 Å². The maximum atomic E-state index is 12.4. The van der Waals surface area contributed by atoms with Crippen LogP contribution in [-0.2, 0) is 10.0 Å². The first-order valence-electron chi connectivity index (χ1n) is 5.51. The van der Waals surface area contributed by atoms with Crippen LogP contribution >= 0.6 is 39.1 Å². The molecule has 2 rings (SSSR count). The largest absolute Gasteiger partial charge is 0.278 e. The lowest BCUT2D eigenvalue weighted by Crippen LogP contribution is -2.14. The van der Waals surface area contributed by atoms with E-state index in [4.69, 9.17) is 28.5 Å². The third-order valence-electron chi connectivity index (χ3n) is 2.52. The number of benzene rings is 2. The molecule has 4 nitrogen and oxygen atoms in total. The Morgan fingerprint density at radius 3 is 2.52 bits per heavy atom. The minimum Gasteiger partial charge on any atom is -0.278 e. The molecule has 2 aromatic carbocycles. The number of anilines is 1. The molecule has 0 aliphatic rings. The van der Waals surface area contributed by atoms with Crippen molar-refractivity contribution < 1.29 is 8.42 Å². The molecule has 0 amide bonds. The molecule has 0 fully saturated rings. The summed E-state index contributed by atoms with van der Waals surface area (Å²) in [5.74, 6) is 0. The molecule has 0 saturated heterocycles. The van der Waals surface area contributed by atoms with Gasteiger partial charge in [-0.2, -0.15) is 5.26 Å². The van der Waals surface area contributed by atoms with Gasteiger partial charge in [-0.3, -0.25) is 4.72 Å². The van der Waals surface area contributed by atoms with Crippen molar-refractivity contribution in [2.75, 3.05) is 4.72 Å². The van der Waals surface area contributed by atoms with E-state index in [0.717, 1.165) is 0 Å². The standard InChI is InChI=1S/C13H7BrCl2N2O2S/c14-10-3-2-9(15)6-12(10)18-21(19,20)13-5-8(7-17)1-4-11(13)16/h1-6,18H. The molecule has 0 aromatic heterocycles. The van der Waals surface area contributed by atoms with E-state index in [0.29, 0.717) is 9.50 Å². The van der Waals surface area contributed by atoms with Gasteiger partial charge in [0.05, 0.1) is 22.3 Å². The van der Waals surface area contributed by atoms with E-state index in [1.165, 1.54) is 24.3 Å². The van der Waals surface area contributed by atoms with Crippen molar-refractivity contribution in [3.8, 4) is 6.07 Å². The zero-order valence-corrected chi connectivity index (χ0v) is 14.2. The van der Waals surface area contributed by atoms with E-state index in [-0.39, 0.29) is 21.2 Å². The second-order valence-corrected chi connectivity index (χ2v) is 7.34. The number of nitrogens with one attached hydrogen (secondary N) is 1. The van der Waals surface area contributed by atoms with Crippen LogP contribution in [0.5, 0.6) is 0 Å². The fourth-order valence-electron chi connectivity index (χ4n) is 1.55. The number of halogens is 3. The van der Waals surface area contributed by atoms with Crippen molar-refractivity contribution in [1.29, 1.82) is 5.26 Å². The summed E-state index contributed by atoms with van der Waals surface area (Å²) in [6.45, 7) is 0. The first-order valence-corrected chi connectivity index (χ1v) is 8.54. The zero-order valence-electron chi connectivity index (χ0n) is 10.3. The van der Waals surface area contributed by atoms with Gasteiger partial charge < -0.3 is 0 Å². The second kappa shape index (κ2) is 6.24. The maximum absolute atomic E-state index is 12.4. The quantitative estimate of drug-likeness (QED) is 0.820. The Morgan fingerprint density at radius 1 is 1.14 bits per heavy atom. The highest BCUT2D eigenvalue weighted by Gasteiger charge is 2.20. The van der Waals surface area contributed by atoms with E-state index in [1.807, 2.05) is 6.07 Å². The van der Waals surface area contributed by atoms with Crippen LogP contribution < -0.4 is 4.72 Å². The molecule has 0 aliphatic carbocycles. The van der Waals surface area contributed by atoms with E-state index < -0.39 is 10.0 Å². The molecule has 2 aromatic rings. The van der Waals surface area contributed by atoms with Gasteiger partial charge in [0.15, 0.2) is 0 Å². The third-order valence-corrected chi connectivity index (χ3v) is 5.30. The Morgan fingerprint density at radius 2 is 1.86 bits per heavy atom. The Bertz CT molecular complexity index is 848. The summed E-state index contributed by atoms with van der Waals surface area (Å²) in [5, 5.41) is 9.27. The monoisotopic (exact) mass is 404 g/mol. The molecule has 21 heavy (non-hydrogen) atoms. The molecular formula is C13H7BrCl2N2O2S. The van der Waals surface area contributed by atoms with E-state index in [1.54, 1.807) is 12.1 Å². The summed E-state index contributed by atoms with van der Waals surface area (Å²) >= 11 is 15.0. The average molecular weight is 406 g/mol. The molecule has 0 spiro atoms. The van der Waals surface area contributed by atoms with Crippen LogP contribution in [0.4, 0.5) is 5.69 Å². The number of nitrogens with zero attached hydrogens (tertiary/aromatic N) is 1. The van der Waals surface area contributed by atoms with Gasteiger partial charge in [0.25, 0.3) is 10.0 Å². The number of nitriles is 1. The molecule has 8 heteroatoms. The van der Waals surface area contributed by atoms with Gasteiger partial charge in [-0.15, -0.1) is 0 Å². The molecule has 0 heterocycles. The predicted molar refractivity (Wildman–Crippen MR) is 86.1 cm³/mol. The maximum Gasteiger partial charge on any atom is 0.263 e. The normalized spacial score (nSPS) is 11.0. The Balaban J connectivity index is 2.48. The molecular weight excluding hydrogens is 399 g/mol. The minimum atomic E-state index is -3.94. The summed E-state index contributed by atoms with van der Waals surface area (Å²) in [7, 11) is -3.94. The van der Waals surface area contributed by atoms with Crippen LogP contribution in [0.2, 0.25) is 10.0 Å². The molecule has 0 atom stereocenters. The van der Waals surface area contributed by atoms with Gasteiger partial charge in [0.1, 0.15) is 4.90 Å². The summed E-state index contributed by atoms with van der Waals surface area (Å²) in [6, 6.07) is 10.6. The molecule has 108 valence electrons. The summed E-state index contributed by atoms with van der Waals surface area (Å²) in [4.78, 5) is -0.171. The average Bonchev–Trinajstić information content (AvgIpc) is 2.43. The van der Waals surface area contributed by atoms with Crippen molar-refractivity contribution in [3.05, 3.63) is 56.5 Å². The molecule has 0 unspecified atom stereocenters. The van der Waals surface area contributed by atoms with Gasteiger partial charge >= 0.3 is 0 Å². The fraction of sp³-hybridized carbons (Fsp3) is 0. The Labute approximate surface area is 140 Å².